The molecule has 1 unspecified atom stereocenters. The van der Waals surface area contributed by atoms with Gasteiger partial charge < -0.3 is 9.47 Å². The number of piperidine rings is 1. The van der Waals surface area contributed by atoms with Crippen molar-refractivity contribution < 1.29 is 4.79 Å². The minimum atomic E-state index is -0.243. The van der Waals surface area contributed by atoms with Gasteiger partial charge in [-0.3, -0.25) is 4.79 Å². The summed E-state index contributed by atoms with van der Waals surface area (Å²) in [5, 5.41) is 8.30. The largest absolute Gasteiger partial charge is 0.342 e. The molecule has 2 fully saturated rings. The molecule has 1 aliphatic carbocycles. The van der Waals surface area contributed by atoms with Gasteiger partial charge in [-0.15, -0.1) is 10.2 Å². The maximum Gasteiger partial charge on any atom is 0.233 e. The van der Waals surface area contributed by atoms with Gasteiger partial charge in [0.1, 0.15) is 12.2 Å². The van der Waals surface area contributed by atoms with E-state index in [4.69, 9.17) is 0 Å². The Balaban J connectivity index is 1.45. The van der Waals surface area contributed by atoms with E-state index < -0.39 is 0 Å². The highest BCUT2D eigenvalue weighted by atomic mass is 16.2. The van der Waals surface area contributed by atoms with E-state index in [9.17, 15) is 4.79 Å². The number of aryl methyl sites for hydroxylation is 1. The standard InChI is InChI=1S/C20H26N4O/c1-2-23-15-21-22-18(23)13-16-7-6-12-24(14-16)19(25)20(10-11-20)17-8-4-3-5-9-17/h3-5,8-9,15-16H,2,6-7,10-14H2,1H3. The normalized spacial score (nSPS) is 22.0. The lowest BCUT2D eigenvalue weighted by Gasteiger charge is -2.35. The fraction of sp³-hybridized carbons (Fsp3) is 0.550. The van der Waals surface area contributed by atoms with Crippen LogP contribution in [0.5, 0.6) is 0 Å². The number of nitrogens with zero attached hydrogens (tertiary/aromatic N) is 4. The molecule has 0 N–H and O–H groups in total. The highest BCUT2D eigenvalue weighted by molar-refractivity contribution is 5.91. The smallest absolute Gasteiger partial charge is 0.233 e. The number of hydrogen-bond acceptors (Lipinski definition) is 3. The summed E-state index contributed by atoms with van der Waals surface area (Å²) in [6, 6.07) is 10.3. The molecule has 0 radical (unpaired) electrons. The van der Waals surface area contributed by atoms with Crippen molar-refractivity contribution in [1.29, 1.82) is 0 Å². The Morgan fingerprint density at radius 3 is 2.80 bits per heavy atom. The molecular formula is C20H26N4O. The Hall–Kier alpha value is -2.17. The monoisotopic (exact) mass is 338 g/mol. The van der Waals surface area contributed by atoms with Gasteiger partial charge in [-0.2, -0.15) is 0 Å². The van der Waals surface area contributed by atoms with Crippen molar-refractivity contribution in [3.05, 3.63) is 48.0 Å². The molecule has 1 amide bonds. The number of rotatable bonds is 5. The summed E-state index contributed by atoms with van der Waals surface area (Å²) in [6.45, 7) is 4.75. The first-order valence-corrected chi connectivity index (χ1v) is 9.44. The minimum Gasteiger partial charge on any atom is -0.342 e. The number of aromatic nitrogens is 3. The van der Waals surface area contributed by atoms with Crippen LogP contribution in [0, 0.1) is 5.92 Å². The van der Waals surface area contributed by atoms with Crippen molar-refractivity contribution in [2.75, 3.05) is 13.1 Å². The van der Waals surface area contributed by atoms with Gasteiger partial charge >= 0.3 is 0 Å². The van der Waals surface area contributed by atoms with Gasteiger partial charge in [0.05, 0.1) is 5.41 Å². The molecule has 1 aromatic carbocycles. The second kappa shape index (κ2) is 6.62. The van der Waals surface area contributed by atoms with Crippen LogP contribution in [-0.4, -0.2) is 38.7 Å². The van der Waals surface area contributed by atoms with Crippen molar-refractivity contribution >= 4 is 5.91 Å². The molecule has 2 heterocycles. The van der Waals surface area contributed by atoms with Crippen LogP contribution in [0.15, 0.2) is 36.7 Å². The first-order chi connectivity index (χ1) is 12.2. The maximum atomic E-state index is 13.2. The molecule has 1 aromatic heterocycles. The van der Waals surface area contributed by atoms with Gasteiger partial charge in [0.15, 0.2) is 0 Å². The lowest BCUT2D eigenvalue weighted by molar-refractivity contribution is -0.135. The van der Waals surface area contributed by atoms with Gasteiger partial charge in [0.25, 0.3) is 0 Å². The van der Waals surface area contributed by atoms with Crippen LogP contribution >= 0.6 is 0 Å². The van der Waals surface area contributed by atoms with Crippen molar-refractivity contribution in [3.8, 4) is 0 Å². The molecule has 0 spiro atoms. The summed E-state index contributed by atoms with van der Waals surface area (Å²) in [6.07, 6.45) is 6.94. The molecule has 1 saturated carbocycles. The van der Waals surface area contributed by atoms with Gasteiger partial charge in [-0.1, -0.05) is 30.3 Å². The van der Waals surface area contributed by atoms with Crippen LogP contribution in [0.2, 0.25) is 0 Å². The van der Waals surface area contributed by atoms with E-state index in [0.29, 0.717) is 11.8 Å². The zero-order valence-electron chi connectivity index (χ0n) is 14.9. The zero-order valence-corrected chi connectivity index (χ0v) is 14.9. The Labute approximate surface area is 149 Å². The van der Waals surface area contributed by atoms with E-state index in [1.165, 1.54) is 12.0 Å². The molecule has 5 heteroatoms. The lowest BCUT2D eigenvalue weighted by Crippen LogP contribution is -2.45. The second-order valence-electron chi connectivity index (χ2n) is 7.44. The Morgan fingerprint density at radius 2 is 2.08 bits per heavy atom. The fourth-order valence-corrected chi connectivity index (χ4v) is 4.19. The molecule has 0 bridgehead atoms. The predicted molar refractivity (Wildman–Crippen MR) is 96.1 cm³/mol. The van der Waals surface area contributed by atoms with Crippen LogP contribution < -0.4 is 0 Å². The number of hydrogen-bond donors (Lipinski definition) is 0. The average Bonchev–Trinajstić information content (AvgIpc) is 3.36. The predicted octanol–water partition coefficient (Wildman–Crippen LogP) is 2.81. The first kappa shape index (κ1) is 16.3. The molecule has 2 aliphatic rings. The van der Waals surface area contributed by atoms with Crippen LogP contribution in [-0.2, 0) is 23.2 Å². The first-order valence-electron chi connectivity index (χ1n) is 9.44. The molecule has 2 aromatic rings. The number of amides is 1. The SMILES string of the molecule is CCn1cnnc1CC1CCCN(C(=O)C2(c3ccccc3)CC2)C1. The van der Waals surface area contributed by atoms with E-state index in [1.807, 2.05) is 18.2 Å². The Morgan fingerprint density at radius 1 is 1.28 bits per heavy atom. The number of carbonyl (C=O) groups is 1. The third kappa shape index (κ3) is 3.08. The van der Waals surface area contributed by atoms with Gasteiger partial charge in [-0.05, 0) is 44.1 Å². The fourth-order valence-electron chi connectivity index (χ4n) is 4.19. The second-order valence-corrected chi connectivity index (χ2v) is 7.44. The van der Waals surface area contributed by atoms with E-state index in [-0.39, 0.29) is 5.41 Å². The molecule has 1 aliphatic heterocycles. The third-order valence-corrected chi connectivity index (χ3v) is 5.80. The van der Waals surface area contributed by atoms with Gasteiger partial charge in [0, 0.05) is 26.1 Å². The quantitative estimate of drug-likeness (QED) is 0.842. The van der Waals surface area contributed by atoms with Crippen molar-refractivity contribution in [2.45, 2.75) is 51.0 Å². The van der Waals surface area contributed by atoms with Crippen LogP contribution in [0.1, 0.15) is 44.0 Å². The van der Waals surface area contributed by atoms with Gasteiger partial charge in [0.2, 0.25) is 5.91 Å². The van der Waals surface area contributed by atoms with E-state index in [1.54, 1.807) is 6.33 Å². The number of benzene rings is 1. The van der Waals surface area contributed by atoms with E-state index in [0.717, 1.165) is 51.1 Å². The van der Waals surface area contributed by atoms with Crippen molar-refractivity contribution in [3.63, 3.8) is 0 Å². The molecule has 132 valence electrons. The van der Waals surface area contributed by atoms with Crippen molar-refractivity contribution in [1.82, 2.24) is 19.7 Å². The zero-order chi connectivity index (χ0) is 17.3. The number of likely N-dealkylation sites (tertiary alicyclic amines) is 1. The summed E-state index contributed by atoms with van der Waals surface area (Å²) in [4.78, 5) is 15.4. The highest BCUT2D eigenvalue weighted by Gasteiger charge is 2.53. The van der Waals surface area contributed by atoms with Crippen molar-refractivity contribution in [2.24, 2.45) is 5.92 Å². The summed E-state index contributed by atoms with van der Waals surface area (Å²) >= 11 is 0. The maximum absolute atomic E-state index is 13.2. The summed E-state index contributed by atoms with van der Waals surface area (Å²) in [5.41, 5.74) is 0.944. The topological polar surface area (TPSA) is 51.0 Å². The Kier molecular flexibility index (Phi) is 4.32. The molecular weight excluding hydrogens is 312 g/mol. The number of carbonyl (C=O) groups excluding carboxylic acids is 1. The molecule has 1 atom stereocenters. The molecule has 4 rings (SSSR count). The highest BCUT2D eigenvalue weighted by Crippen LogP contribution is 2.50. The summed E-state index contributed by atoms with van der Waals surface area (Å²) in [7, 11) is 0. The summed E-state index contributed by atoms with van der Waals surface area (Å²) < 4.78 is 2.10. The molecule has 5 nitrogen and oxygen atoms in total. The van der Waals surface area contributed by atoms with Crippen LogP contribution in [0.3, 0.4) is 0 Å². The average molecular weight is 338 g/mol. The Bertz CT molecular complexity index is 735. The van der Waals surface area contributed by atoms with E-state index >= 15 is 0 Å². The van der Waals surface area contributed by atoms with Crippen LogP contribution in [0.4, 0.5) is 0 Å². The molecule has 1 saturated heterocycles. The third-order valence-electron chi connectivity index (χ3n) is 5.80. The lowest BCUT2D eigenvalue weighted by atomic mass is 9.90. The minimum absolute atomic E-state index is 0.243. The van der Waals surface area contributed by atoms with Gasteiger partial charge in [-0.25, -0.2) is 0 Å². The van der Waals surface area contributed by atoms with Crippen LogP contribution in [0.25, 0.3) is 0 Å². The van der Waals surface area contributed by atoms with E-state index in [2.05, 4.69) is 38.7 Å². The summed E-state index contributed by atoms with van der Waals surface area (Å²) in [5.74, 6) is 1.87. The molecule has 25 heavy (non-hydrogen) atoms.